The summed E-state index contributed by atoms with van der Waals surface area (Å²) in [4.78, 5) is 20.4. The molecule has 0 unspecified atom stereocenters. The average Bonchev–Trinajstić information content (AvgIpc) is 1.98. The maximum Gasteiger partial charge on any atom is 0.146 e. The Morgan fingerprint density at radius 3 is 2.60 bits per heavy atom. The van der Waals surface area contributed by atoms with Crippen molar-refractivity contribution in [3.8, 4) is 0 Å². The Kier molecular flexibility index (Phi) is 5.97. The van der Waals surface area contributed by atoms with Crippen LogP contribution in [0, 0.1) is 0 Å². The summed E-state index contributed by atoms with van der Waals surface area (Å²) < 4.78 is 0. The summed E-state index contributed by atoms with van der Waals surface area (Å²) in [6.45, 7) is 0.126. The van der Waals surface area contributed by atoms with Gasteiger partial charge in [-0.1, -0.05) is 0 Å². The lowest BCUT2D eigenvalue weighted by molar-refractivity contribution is -0.118. The van der Waals surface area contributed by atoms with Crippen LogP contribution in [0.5, 0.6) is 0 Å². The van der Waals surface area contributed by atoms with Crippen LogP contribution in [0.2, 0.25) is 0 Å². The number of carbonyl (C=O) groups is 2. The van der Waals surface area contributed by atoms with Gasteiger partial charge in [-0.15, -0.1) is 0 Å². The van der Waals surface area contributed by atoms with Crippen molar-refractivity contribution in [3.63, 3.8) is 0 Å². The highest BCUT2D eigenvalue weighted by Crippen LogP contribution is 1.97. The smallest absolute Gasteiger partial charge is 0.146 e. The van der Waals surface area contributed by atoms with E-state index in [2.05, 4.69) is 0 Å². The lowest BCUT2D eigenvalue weighted by atomic mass is 10.1. The van der Waals surface area contributed by atoms with Crippen LogP contribution in [0.4, 0.5) is 0 Å². The van der Waals surface area contributed by atoms with Gasteiger partial charge in [0.25, 0.3) is 0 Å². The van der Waals surface area contributed by atoms with Crippen LogP contribution < -0.4 is 5.73 Å². The van der Waals surface area contributed by atoms with Crippen molar-refractivity contribution >= 4 is 12.1 Å². The van der Waals surface area contributed by atoms with Gasteiger partial charge in [-0.25, -0.2) is 0 Å². The fraction of sp³-hybridized carbons (Fsp3) is 0.714. The average molecular weight is 143 g/mol. The molecule has 0 aliphatic rings. The van der Waals surface area contributed by atoms with Gasteiger partial charge in [-0.2, -0.15) is 0 Å². The van der Waals surface area contributed by atoms with Gasteiger partial charge in [0.15, 0.2) is 0 Å². The molecule has 2 N–H and O–H groups in total. The molecule has 0 radical (unpaired) electrons. The molecule has 0 aliphatic heterocycles. The minimum Gasteiger partial charge on any atom is -0.324 e. The van der Waals surface area contributed by atoms with Gasteiger partial charge in [0.05, 0.1) is 6.54 Å². The van der Waals surface area contributed by atoms with Crippen molar-refractivity contribution in [2.75, 3.05) is 6.54 Å². The highest BCUT2D eigenvalue weighted by Gasteiger charge is 1.96. The molecular weight excluding hydrogens is 130 g/mol. The number of carbonyl (C=O) groups excluding carboxylic acids is 2. The molecule has 0 spiro atoms. The first-order valence-corrected chi connectivity index (χ1v) is 3.46. The zero-order valence-electron chi connectivity index (χ0n) is 6.01. The van der Waals surface area contributed by atoms with Crippen LogP contribution in [0.25, 0.3) is 0 Å². The monoisotopic (exact) mass is 143 g/mol. The molecule has 0 aromatic carbocycles. The SMILES string of the molecule is NCC(=O)CCCCC=O. The third-order valence-electron chi connectivity index (χ3n) is 1.26. The van der Waals surface area contributed by atoms with E-state index in [0.717, 1.165) is 19.1 Å². The van der Waals surface area contributed by atoms with Crippen LogP contribution in [-0.2, 0) is 9.59 Å². The minimum absolute atomic E-state index is 0.0749. The summed E-state index contributed by atoms with van der Waals surface area (Å²) in [5, 5.41) is 0. The predicted molar refractivity (Wildman–Crippen MR) is 38.6 cm³/mol. The molecule has 0 saturated heterocycles. The van der Waals surface area contributed by atoms with E-state index in [1.54, 1.807) is 0 Å². The molecule has 0 fully saturated rings. The van der Waals surface area contributed by atoms with E-state index >= 15 is 0 Å². The van der Waals surface area contributed by atoms with Gasteiger partial charge < -0.3 is 10.5 Å². The molecule has 0 atom stereocenters. The number of hydrogen-bond acceptors (Lipinski definition) is 3. The van der Waals surface area contributed by atoms with Crippen molar-refractivity contribution < 1.29 is 9.59 Å². The highest BCUT2D eigenvalue weighted by atomic mass is 16.1. The van der Waals surface area contributed by atoms with Crippen molar-refractivity contribution in [2.24, 2.45) is 5.73 Å². The van der Waals surface area contributed by atoms with Gasteiger partial charge in [0.1, 0.15) is 12.1 Å². The Labute approximate surface area is 60.6 Å². The topological polar surface area (TPSA) is 60.2 Å². The zero-order valence-corrected chi connectivity index (χ0v) is 6.01. The van der Waals surface area contributed by atoms with Gasteiger partial charge >= 0.3 is 0 Å². The highest BCUT2D eigenvalue weighted by molar-refractivity contribution is 5.80. The van der Waals surface area contributed by atoms with Crippen LogP contribution in [0.1, 0.15) is 25.7 Å². The molecule has 0 aromatic rings. The van der Waals surface area contributed by atoms with Crippen molar-refractivity contribution in [3.05, 3.63) is 0 Å². The van der Waals surface area contributed by atoms with Crippen LogP contribution >= 0.6 is 0 Å². The molecule has 58 valence electrons. The Hall–Kier alpha value is -0.700. The van der Waals surface area contributed by atoms with E-state index in [4.69, 9.17) is 5.73 Å². The molecule has 0 aliphatic carbocycles. The lowest BCUT2D eigenvalue weighted by Crippen LogP contribution is -2.12. The first kappa shape index (κ1) is 9.30. The maximum absolute atomic E-state index is 10.6. The molecule has 0 saturated carbocycles. The number of nitrogens with two attached hydrogens (primary N) is 1. The zero-order chi connectivity index (χ0) is 7.82. The molecule has 0 rings (SSSR count). The standard InChI is InChI=1S/C7H13NO2/c8-6-7(10)4-2-1-3-5-9/h5H,1-4,6,8H2. The summed E-state index contributed by atoms with van der Waals surface area (Å²) in [5.74, 6) is 0.0749. The van der Waals surface area contributed by atoms with E-state index in [0.29, 0.717) is 12.8 Å². The molecular formula is C7H13NO2. The Bertz CT molecular complexity index is 112. The minimum atomic E-state index is 0.0749. The summed E-state index contributed by atoms with van der Waals surface area (Å²) in [6.07, 6.45) is 3.53. The second-order valence-electron chi connectivity index (χ2n) is 2.16. The largest absolute Gasteiger partial charge is 0.324 e. The summed E-state index contributed by atoms with van der Waals surface area (Å²) >= 11 is 0. The normalized spacial score (nSPS) is 9.30. The fourth-order valence-corrected chi connectivity index (χ4v) is 0.652. The van der Waals surface area contributed by atoms with Crippen LogP contribution in [0.15, 0.2) is 0 Å². The quantitative estimate of drug-likeness (QED) is 0.429. The Morgan fingerprint density at radius 1 is 1.40 bits per heavy atom. The number of hydrogen-bond donors (Lipinski definition) is 1. The molecule has 0 bridgehead atoms. The third kappa shape index (κ3) is 5.44. The Morgan fingerprint density at radius 2 is 2.10 bits per heavy atom. The predicted octanol–water partition coefficient (Wildman–Crippen LogP) is 0.273. The number of rotatable bonds is 6. The van der Waals surface area contributed by atoms with Crippen molar-refractivity contribution in [1.29, 1.82) is 0 Å². The van der Waals surface area contributed by atoms with E-state index in [1.807, 2.05) is 0 Å². The van der Waals surface area contributed by atoms with Gasteiger partial charge in [-0.05, 0) is 12.8 Å². The van der Waals surface area contributed by atoms with Crippen molar-refractivity contribution in [1.82, 2.24) is 0 Å². The number of aldehydes is 1. The van der Waals surface area contributed by atoms with E-state index in [-0.39, 0.29) is 12.3 Å². The van der Waals surface area contributed by atoms with Gasteiger partial charge in [0.2, 0.25) is 0 Å². The first-order chi connectivity index (χ1) is 4.81. The molecule has 3 heteroatoms. The second-order valence-corrected chi connectivity index (χ2v) is 2.16. The summed E-state index contributed by atoms with van der Waals surface area (Å²) in [5.41, 5.74) is 5.07. The number of unbranched alkanes of at least 4 members (excludes halogenated alkanes) is 2. The van der Waals surface area contributed by atoms with Gasteiger partial charge in [-0.3, -0.25) is 4.79 Å². The third-order valence-corrected chi connectivity index (χ3v) is 1.26. The van der Waals surface area contributed by atoms with Gasteiger partial charge in [0, 0.05) is 12.8 Å². The Balaban J connectivity index is 3.03. The van der Waals surface area contributed by atoms with Crippen molar-refractivity contribution in [2.45, 2.75) is 25.7 Å². The molecule has 0 aromatic heterocycles. The fourth-order valence-electron chi connectivity index (χ4n) is 0.652. The molecule has 0 amide bonds. The lowest BCUT2D eigenvalue weighted by Gasteiger charge is -1.93. The van der Waals surface area contributed by atoms with Crippen LogP contribution in [0.3, 0.4) is 0 Å². The van der Waals surface area contributed by atoms with E-state index in [9.17, 15) is 9.59 Å². The number of ketones is 1. The van der Waals surface area contributed by atoms with E-state index in [1.165, 1.54) is 0 Å². The second kappa shape index (κ2) is 6.42. The summed E-state index contributed by atoms with van der Waals surface area (Å²) in [6, 6.07) is 0. The maximum atomic E-state index is 10.6. The molecule has 3 nitrogen and oxygen atoms in total. The first-order valence-electron chi connectivity index (χ1n) is 3.46. The molecule has 10 heavy (non-hydrogen) atoms. The van der Waals surface area contributed by atoms with E-state index < -0.39 is 0 Å². The van der Waals surface area contributed by atoms with Crippen LogP contribution in [-0.4, -0.2) is 18.6 Å². The number of Topliss-reactive ketones (excluding diaryl/α,β-unsaturated/α-hetero) is 1. The molecule has 0 heterocycles. The summed E-state index contributed by atoms with van der Waals surface area (Å²) in [7, 11) is 0.